The van der Waals surface area contributed by atoms with Gasteiger partial charge in [-0.15, -0.1) is 0 Å². The highest BCUT2D eigenvalue weighted by atomic mass is 35.5. The van der Waals surface area contributed by atoms with Crippen molar-refractivity contribution in [2.45, 2.75) is 0 Å². The first-order chi connectivity index (χ1) is 11.9. The number of carbonyl (C=O) groups is 2. The lowest BCUT2D eigenvalue weighted by atomic mass is 10.2. The van der Waals surface area contributed by atoms with Crippen molar-refractivity contribution < 1.29 is 19.2 Å². The van der Waals surface area contributed by atoms with Gasteiger partial charge in [-0.3, -0.25) is 14.9 Å². The van der Waals surface area contributed by atoms with Crippen LogP contribution in [-0.4, -0.2) is 23.4 Å². The standard InChI is InChI=1S/C17H13ClN2O5/c18-13-7-4-12(5-8-13)6-9-17(22)25-11-16(21)19-14-2-1-3-15(10-14)20(23)24/h1-10H,11H2,(H,19,21)/b9-6+. The fourth-order valence-corrected chi connectivity index (χ4v) is 1.94. The molecule has 0 radical (unpaired) electrons. The predicted octanol–water partition coefficient (Wildman–Crippen LogP) is 3.44. The molecule has 8 heteroatoms. The summed E-state index contributed by atoms with van der Waals surface area (Å²) < 4.78 is 4.80. The van der Waals surface area contributed by atoms with Gasteiger partial charge in [0.1, 0.15) is 0 Å². The Morgan fingerprint density at radius 2 is 1.92 bits per heavy atom. The maximum Gasteiger partial charge on any atom is 0.331 e. The van der Waals surface area contributed by atoms with E-state index < -0.39 is 23.4 Å². The van der Waals surface area contributed by atoms with Crippen LogP contribution < -0.4 is 5.32 Å². The number of halogens is 1. The third-order valence-electron chi connectivity index (χ3n) is 2.97. The predicted molar refractivity (Wildman–Crippen MR) is 93.2 cm³/mol. The van der Waals surface area contributed by atoms with Crippen LogP contribution in [0, 0.1) is 10.1 Å². The van der Waals surface area contributed by atoms with E-state index in [9.17, 15) is 19.7 Å². The summed E-state index contributed by atoms with van der Waals surface area (Å²) in [5.41, 5.74) is 0.843. The molecule has 0 fully saturated rings. The van der Waals surface area contributed by atoms with Gasteiger partial charge >= 0.3 is 5.97 Å². The average molecular weight is 361 g/mol. The first kappa shape index (κ1) is 18.2. The van der Waals surface area contributed by atoms with Crippen LogP contribution in [-0.2, 0) is 14.3 Å². The summed E-state index contributed by atoms with van der Waals surface area (Å²) in [4.78, 5) is 33.4. The summed E-state index contributed by atoms with van der Waals surface area (Å²) in [5, 5.41) is 13.7. The molecule has 0 spiro atoms. The molecule has 128 valence electrons. The average Bonchev–Trinajstić information content (AvgIpc) is 2.59. The van der Waals surface area contributed by atoms with E-state index >= 15 is 0 Å². The lowest BCUT2D eigenvalue weighted by molar-refractivity contribution is -0.384. The molecule has 1 N–H and O–H groups in total. The zero-order valence-electron chi connectivity index (χ0n) is 12.8. The first-order valence-electron chi connectivity index (χ1n) is 7.09. The van der Waals surface area contributed by atoms with Crippen molar-refractivity contribution in [3.8, 4) is 0 Å². The number of anilines is 1. The Balaban J connectivity index is 1.83. The van der Waals surface area contributed by atoms with Gasteiger partial charge < -0.3 is 10.1 Å². The van der Waals surface area contributed by atoms with E-state index in [1.54, 1.807) is 24.3 Å². The van der Waals surface area contributed by atoms with Crippen LogP contribution in [0.5, 0.6) is 0 Å². The van der Waals surface area contributed by atoms with E-state index in [2.05, 4.69) is 5.32 Å². The minimum atomic E-state index is -0.691. The first-order valence-corrected chi connectivity index (χ1v) is 7.46. The minimum absolute atomic E-state index is 0.152. The second-order valence-corrected chi connectivity index (χ2v) is 5.28. The summed E-state index contributed by atoms with van der Waals surface area (Å²) in [6, 6.07) is 12.2. The third-order valence-corrected chi connectivity index (χ3v) is 3.22. The van der Waals surface area contributed by atoms with E-state index in [0.717, 1.165) is 5.56 Å². The molecule has 0 aromatic heterocycles. The number of nitrogens with one attached hydrogen (secondary N) is 1. The number of hydrogen-bond donors (Lipinski definition) is 1. The van der Waals surface area contributed by atoms with Crippen LogP contribution in [0.4, 0.5) is 11.4 Å². The number of ether oxygens (including phenoxy) is 1. The van der Waals surface area contributed by atoms with Crippen molar-refractivity contribution in [3.05, 3.63) is 75.3 Å². The van der Waals surface area contributed by atoms with Crippen LogP contribution in [0.1, 0.15) is 5.56 Å². The van der Waals surface area contributed by atoms with E-state index in [-0.39, 0.29) is 11.4 Å². The number of esters is 1. The molecule has 0 unspecified atom stereocenters. The molecule has 0 saturated carbocycles. The Kier molecular flexibility index (Phi) is 6.25. The van der Waals surface area contributed by atoms with E-state index in [1.165, 1.54) is 36.4 Å². The van der Waals surface area contributed by atoms with Gasteiger partial charge in [0.2, 0.25) is 0 Å². The van der Waals surface area contributed by atoms with Crippen LogP contribution in [0.2, 0.25) is 5.02 Å². The minimum Gasteiger partial charge on any atom is -0.452 e. The highest BCUT2D eigenvalue weighted by Crippen LogP contribution is 2.16. The highest BCUT2D eigenvalue weighted by Gasteiger charge is 2.09. The second kappa shape index (κ2) is 8.60. The molecule has 2 aromatic rings. The second-order valence-electron chi connectivity index (χ2n) is 4.85. The number of nitro groups is 1. The zero-order chi connectivity index (χ0) is 18.2. The molecular weight excluding hydrogens is 348 g/mol. The fourth-order valence-electron chi connectivity index (χ4n) is 1.82. The summed E-state index contributed by atoms with van der Waals surface area (Å²) in [7, 11) is 0. The van der Waals surface area contributed by atoms with Crippen molar-refractivity contribution in [3.63, 3.8) is 0 Å². The Labute approximate surface area is 148 Å². The number of nitrogens with zero attached hydrogens (tertiary/aromatic N) is 1. The maximum atomic E-state index is 11.7. The SMILES string of the molecule is O=C(COC(=O)/C=C/c1ccc(Cl)cc1)Nc1cccc([N+](=O)[O-])c1. The van der Waals surface area contributed by atoms with Gasteiger partial charge in [-0.05, 0) is 29.8 Å². The number of rotatable bonds is 6. The summed E-state index contributed by atoms with van der Waals surface area (Å²) >= 11 is 5.76. The molecule has 0 saturated heterocycles. The Morgan fingerprint density at radius 3 is 2.60 bits per heavy atom. The van der Waals surface area contributed by atoms with E-state index in [4.69, 9.17) is 16.3 Å². The largest absolute Gasteiger partial charge is 0.452 e. The number of nitro benzene ring substituents is 1. The molecule has 0 heterocycles. The van der Waals surface area contributed by atoms with Gasteiger partial charge in [0.05, 0.1) is 4.92 Å². The normalized spacial score (nSPS) is 10.4. The molecule has 0 aliphatic carbocycles. The molecule has 0 atom stereocenters. The number of carbonyl (C=O) groups excluding carboxylic acids is 2. The van der Waals surface area contributed by atoms with Crippen LogP contribution in [0.3, 0.4) is 0 Å². The highest BCUT2D eigenvalue weighted by molar-refractivity contribution is 6.30. The molecular formula is C17H13ClN2O5. The molecule has 7 nitrogen and oxygen atoms in total. The van der Waals surface area contributed by atoms with Crippen LogP contribution >= 0.6 is 11.6 Å². The third kappa shape index (κ3) is 6.08. The number of hydrogen-bond acceptors (Lipinski definition) is 5. The maximum absolute atomic E-state index is 11.7. The topological polar surface area (TPSA) is 98.5 Å². The van der Waals surface area contributed by atoms with Gasteiger partial charge in [0.25, 0.3) is 11.6 Å². The molecule has 25 heavy (non-hydrogen) atoms. The molecule has 1 amide bonds. The van der Waals surface area contributed by atoms with Crippen LogP contribution in [0.15, 0.2) is 54.6 Å². The van der Waals surface area contributed by atoms with Crippen molar-refractivity contribution in [2.75, 3.05) is 11.9 Å². The summed E-state index contributed by atoms with van der Waals surface area (Å²) in [6.45, 7) is -0.507. The van der Waals surface area contributed by atoms with Crippen molar-refractivity contribution in [1.29, 1.82) is 0 Å². The van der Waals surface area contributed by atoms with Gasteiger partial charge in [0.15, 0.2) is 6.61 Å². The Morgan fingerprint density at radius 1 is 1.20 bits per heavy atom. The van der Waals surface area contributed by atoms with Crippen molar-refractivity contribution >= 4 is 40.9 Å². The monoisotopic (exact) mass is 360 g/mol. The molecule has 2 rings (SSSR count). The molecule has 0 bridgehead atoms. The van der Waals surface area contributed by atoms with Gasteiger partial charge in [-0.2, -0.15) is 0 Å². The summed E-state index contributed by atoms with van der Waals surface area (Å²) in [5.74, 6) is -1.29. The Hall–Kier alpha value is -3.19. The fraction of sp³-hybridized carbons (Fsp3) is 0.0588. The number of amides is 1. The smallest absolute Gasteiger partial charge is 0.331 e. The quantitative estimate of drug-likeness (QED) is 0.368. The van der Waals surface area contributed by atoms with Crippen molar-refractivity contribution in [1.82, 2.24) is 0 Å². The number of non-ortho nitro benzene ring substituents is 1. The lowest BCUT2D eigenvalue weighted by Crippen LogP contribution is -2.20. The lowest BCUT2D eigenvalue weighted by Gasteiger charge is -2.05. The Bertz CT molecular complexity index is 818. The zero-order valence-corrected chi connectivity index (χ0v) is 13.6. The van der Waals surface area contributed by atoms with Crippen molar-refractivity contribution in [2.24, 2.45) is 0 Å². The number of benzene rings is 2. The van der Waals surface area contributed by atoms with Crippen LogP contribution in [0.25, 0.3) is 6.08 Å². The van der Waals surface area contributed by atoms with E-state index in [0.29, 0.717) is 5.02 Å². The van der Waals surface area contributed by atoms with Gasteiger partial charge in [-0.1, -0.05) is 29.8 Å². The molecule has 0 aliphatic heterocycles. The van der Waals surface area contributed by atoms with E-state index in [1.807, 2.05) is 0 Å². The molecule has 0 aliphatic rings. The van der Waals surface area contributed by atoms with Gasteiger partial charge in [0, 0.05) is 28.9 Å². The molecule has 2 aromatic carbocycles. The summed E-state index contributed by atoms with van der Waals surface area (Å²) in [6.07, 6.45) is 2.71. The van der Waals surface area contributed by atoms with Gasteiger partial charge in [-0.25, -0.2) is 4.79 Å².